The molecule has 1 unspecified atom stereocenters. The van der Waals surface area contributed by atoms with Crippen LogP contribution in [0.15, 0.2) is 30.3 Å². The van der Waals surface area contributed by atoms with Gasteiger partial charge in [-0.15, -0.1) is 0 Å². The van der Waals surface area contributed by atoms with Gasteiger partial charge in [-0.2, -0.15) is 0 Å². The predicted octanol–water partition coefficient (Wildman–Crippen LogP) is 2.11. The van der Waals surface area contributed by atoms with Crippen molar-refractivity contribution in [2.45, 2.75) is 51.3 Å². The first-order chi connectivity index (χ1) is 11.6. The second-order valence-corrected chi connectivity index (χ2v) is 6.93. The summed E-state index contributed by atoms with van der Waals surface area (Å²) in [5, 5.41) is 2.78. The fraction of sp³-hybridized carbons (Fsp3) is 0.579. The van der Waals surface area contributed by atoms with Crippen molar-refractivity contribution in [2.24, 2.45) is 5.92 Å². The molecule has 2 atom stereocenters. The summed E-state index contributed by atoms with van der Waals surface area (Å²) in [6.45, 7) is 4.26. The quantitative estimate of drug-likeness (QED) is 0.812. The van der Waals surface area contributed by atoms with Gasteiger partial charge in [0.15, 0.2) is 0 Å². The molecule has 1 aromatic rings. The number of esters is 1. The Morgan fingerprint density at radius 1 is 1.25 bits per heavy atom. The van der Waals surface area contributed by atoms with E-state index in [2.05, 4.69) is 22.3 Å². The highest BCUT2D eigenvalue weighted by Crippen LogP contribution is 2.26. The van der Waals surface area contributed by atoms with E-state index in [9.17, 15) is 9.59 Å². The number of hydrogen-bond donors (Lipinski definition) is 1. The molecule has 0 radical (unpaired) electrons. The summed E-state index contributed by atoms with van der Waals surface area (Å²) in [6, 6.07) is 9.73. The van der Waals surface area contributed by atoms with E-state index in [0.717, 1.165) is 45.3 Å². The molecule has 1 saturated heterocycles. The van der Waals surface area contributed by atoms with Crippen molar-refractivity contribution in [3.63, 3.8) is 0 Å². The van der Waals surface area contributed by atoms with Crippen molar-refractivity contribution >= 4 is 11.9 Å². The smallest absolute Gasteiger partial charge is 0.328 e. The van der Waals surface area contributed by atoms with E-state index < -0.39 is 6.04 Å². The number of nitrogens with one attached hydrogen (secondary N) is 1. The molecule has 1 saturated carbocycles. The number of amides is 1. The van der Waals surface area contributed by atoms with E-state index in [-0.39, 0.29) is 23.9 Å². The average Bonchev–Trinajstić information content (AvgIpc) is 2.93. The summed E-state index contributed by atoms with van der Waals surface area (Å²) in [6.07, 6.45) is 3.75. The maximum atomic E-state index is 12.2. The van der Waals surface area contributed by atoms with Gasteiger partial charge in [-0.05, 0) is 31.7 Å². The van der Waals surface area contributed by atoms with Crippen molar-refractivity contribution in [1.82, 2.24) is 10.2 Å². The lowest BCUT2D eigenvalue weighted by Gasteiger charge is -2.26. The third-order valence-electron chi connectivity index (χ3n) is 4.95. The molecule has 1 N–H and O–H groups in total. The summed E-state index contributed by atoms with van der Waals surface area (Å²) in [5.74, 6) is -0.245. The fourth-order valence-electron chi connectivity index (χ4n) is 3.21. The van der Waals surface area contributed by atoms with Gasteiger partial charge in [0, 0.05) is 25.6 Å². The second-order valence-electron chi connectivity index (χ2n) is 6.93. The lowest BCUT2D eigenvalue weighted by molar-refractivity contribution is -0.152. The number of likely N-dealkylation sites (tertiary alicyclic amines) is 1. The second kappa shape index (κ2) is 7.79. The molecule has 0 spiro atoms. The van der Waals surface area contributed by atoms with Gasteiger partial charge in [-0.25, -0.2) is 4.79 Å². The zero-order chi connectivity index (χ0) is 16.9. The molecular weight excluding hydrogens is 304 g/mol. The Balaban J connectivity index is 1.41. The van der Waals surface area contributed by atoms with Crippen molar-refractivity contribution in [3.8, 4) is 0 Å². The molecule has 1 heterocycles. The number of rotatable bonds is 6. The third kappa shape index (κ3) is 4.35. The first kappa shape index (κ1) is 17.0. The Morgan fingerprint density at radius 2 is 2.00 bits per heavy atom. The van der Waals surface area contributed by atoms with Crippen LogP contribution in [0.1, 0.15) is 38.2 Å². The van der Waals surface area contributed by atoms with Crippen LogP contribution in [0.3, 0.4) is 0 Å². The summed E-state index contributed by atoms with van der Waals surface area (Å²) in [5.41, 5.74) is 1.27. The standard InChI is InChI=1S/C19H26N2O3/c1-14(20-18(22)16-8-5-9-16)19(23)24-17-10-11-21(13-17)12-15-6-3-2-4-7-15/h2-4,6-7,14,16-17H,5,8-13H2,1H3,(H,20,22)/t14?,17-/m1/s1. The molecule has 0 bridgehead atoms. The van der Waals surface area contributed by atoms with E-state index in [1.165, 1.54) is 5.56 Å². The average molecular weight is 330 g/mol. The highest BCUT2D eigenvalue weighted by atomic mass is 16.5. The van der Waals surface area contributed by atoms with Gasteiger partial charge >= 0.3 is 5.97 Å². The van der Waals surface area contributed by atoms with E-state index in [0.29, 0.717) is 0 Å². The Hall–Kier alpha value is -1.88. The number of nitrogens with zero attached hydrogens (tertiary/aromatic N) is 1. The number of ether oxygens (including phenoxy) is 1. The van der Waals surface area contributed by atoms with Crippen LogP contribution < -0.4 is 5.32 Å². The molecule has 1 aliphatic carbocycles. The highest BCUT2D eigenvalue weighted by Gasteiger charge is 2.30. The largest absolute Gasteiger partial charge is 0.459 e. The summed E-state index contributed by atoms with van der Waals surface area (Å²) in [4.78, 5) is 26.4. The van der Waals surface area contributed by atoms with E-state index in [1.807, 2.05) is 18.2 Å². The maximum Gasteiger partial charge on any atom is 0.328 e. The van der Waals surface area contributed by atoms with Gasteiger partial charge in [-0.1, -0.05) is 36.8 Å². The van der Waals surface area contributed by atoms with Crippen LogP contribution in [0, 0.1) is 5.92 Å². The van der Waals surface area contributed by atoms with Gasteiger partial charge < -0.3 is 10.1 Å². The summed E-state index contributed by atoms with van der Waals surface area (Å²) in [7, 11) is 0. The molecule has 1 amide bonds. The van der Waals surface area contributed by atoms with Gasteiger partial charge in [0.2, 0.25) is 5.91 Å². The Morgan fingerprint density at radius 3 is 2.67 bits per heavy atom. The van der Waals surface area contributed by atoms with Crippen molar-refractivity contribution < 1.29 is 14.3 Å². The molecule has 5 heteroatoms. The lowest BCUT2D eigenvalue weighted by Crippen LogP contribution is -2.45. The molecule has 3 rings (SSSR count). The maximum absolute atomic E-state index is 12.2. The van der Waals surface area contributed by atoms with Crippen LogP contribution in [0.25, 0.3) is 0 Å². The third-order valence-corrected chi connectivity index (χ3v) is 4.95. The van der Waals surface area contributed by atoms with Crippen LogP contribution in [-0.2, 0) is 20.9 Å². The van der Waals surface area contributed by atoms with E-state index in [1.54, 1.807) is 6.92 Å². The zero-order valence-corrected chi connectivity index (χ0v) is 14.2. The summed E-state index contributed by atoms with van der Waals surface area (Å²) < 4.78 is 5.58. The predicted molar refractivity (Wildman–Crippen MR) is 91.2 cm³/mol. The topological polar surface area (TPSA) is 58.6 Å². The number of hydrogen-bond acceptors (Lipinski definition) is 4. The van der Waals surface area contributed by atoms with Crippen LogP contribution in [-0.4, -0.2) is 42.0 Å². The first-order valence-electron chi connectivity index (χ1n) is 8.89. The van der Waals surface area contributed by atoms with Gasteiger partial charge in [0.1, 0.15) is 12.1 Å². The molecule has 1 aromatic carbocycles. The number of carbonyl (C=O) groups is 2. The monoisotopic (exact) mass is 330 g/mol. The summed E-state index contributed by atoms with van der Waals surface area (Å²) >= 11 is 0. The zero-order valence-electron chi connectivity index (χ0n) is 14.2. The van der Waals surface area contributed by atoms with Gasteiger partial charge in [0.05, 0.1) is 0 Å². The molecule has 24 heavy (non-hydrogen) atoms. The van der Waals surface area contributed by atoms with Crippen LogP contribution in [0.5, 0.6) is 0 Å². The minimum absolute atomic E-state index is 0.0113. The Bertz CT molecular complexity index is 571. The lowest BCUT2D eigenvalue weighted by atomic mass is 9.84. The van der Waals surface area contributed by atoms with Crippen LogP contribution >= 0.6 is 0 Å². The highest BCUT2D eigenvalue weighted by molar-refractivity contribution is 5.85. The van der Waals surface area contributed by atoms with Crippen molar-refractivity contribution in [1.29, 1.82) is 0 Å². The minimum atomic E-state index is -0.568. The normalized spacial score (nSPS) is 22.6. The SMILES string of the molecule is CC(NC(=O)C1CCC1)C(=O)O[C@@H]1CCN(Cc2ccccc2)C1. The first-order valence-corrected chi connectivity index (χ1v) is 8.89. The van der Waals surface area contributed by atoms with E-state index in [4.69, 9.17) is 4.74 Å². The molecule has 130 valence electrons. The fourth-order valence-corrected chi connectivity index (χ4v) is 3.21. The minimum Gasteiger partial charge on any atom is -0.459 e. The van der Waals surface area contributed by atoms with Crippen LogP contribution in [0.4, 0.5) is 0 Å². The molecule has 5 nitrogen and oxygen atoms in total. The van der Waals surface area contributed by atoms with Crippen molar-refractivity contribution in [3.05, 3.63) is 35.9 Å². The Labute approximate surface area is 143 Å². The van der Waals surface area contributed by atoms with Crippen molar-refractivity contribution in [2.75, 3.05) is 13.1 Å². The van der Waals surface area contributed by atoms with Gasteiger partial charge in [0.25, 0.3) is 0 Å². The number of carbonyl (C=O) groups excluding carboxylic acids is 2. The molecular formula is C19H26N2O3. The molecule has 2 fully saturated rings. The Kier molecular flexibility index (Phi) is 5.51. The van der Waals surface area contributed by atoms with Crippen LogP contribution in [0.2, 0.25) is 0 Å². The molecule has 2 aliphatic rings. The molecule has 0 aromatic heterocycles. The number of benzene rings is 1. The molecule has 1 aliphatic heterocycles. The van der Waals surface area contributed by atoms with Gasteiger partial charge in [-0.3, -0.25) is 9.69 Å². The van der Waals surface area contributed by atoms with E-state index >= 15 is 0 Å².